The number of nitrogens with zero attached hydrogens (tertiary/aromatic N) is 1. The molecule has 0 aliphatic carbocycles. The Bertz CT molecular complexity index is 311. The number of hydrogen-bond acceptors (Lipinski definition) is 2. The van der Waals surface area contributed by atoms with Gasteiger partial charge in [0.05, 0.1) is 5.69 Å². The lowest BCUT2D eigenvalue weighted by Gasteiger charge is -2.17. The highest BCUT2D eigenvalue weighted by molar-refractivity contribution is 5.08. The minimum atomic E-state index is -4.07. The first-order valence-corrected chi connectivity index (χ1v) is 5.74. The molecule has 0 amide bonds. The average Bonchev–Trinajstić information content (AvgIpc) is 2.27. The topological polar surface area (TPSA) is 24.9 Å². The van der Waals surface area contributed by atoms with E-state index in [0.717, 1.165) is 5.69 Å². The maximum absolute atomic E-state index is 12.1. The van der Waals surface area contributed by atoms with E-state index in [1.165, 1.54) is 0 Å². The van der Waals surface area contributed by atoms with Crippen LogP contribution in [0.5, 0.6) is 0 Å². The van der Waals surface area contributed by atoms with Crippen molar-refractivity contribution in [3.8, 4) is 0 Å². The van der Waals surface area contributed by atoms with E-state index < -0.39 is 12.6 Å². The van der Waals surface area contributed by atoms with E-state index in [2.05, 4.69) is 10.3 Å². The van der Waals surface area contributed by atoms with E-state index in [1.54, 1.807) is 12.3 Å². The predicted molar refractivity (Wildman–Crippen MR) is 60.6 cm³/mol. The molecule has 1 aromatic heterocycles. The van der Waals surface area contributed by atoms with Crippen molar-refractivity contribution >= 4 is 0 Å². The van der Waals surface area contributed by atoms with E-state index in [4.69, 9.17) is 0 Å². The van der Waals surface area contributed by atoms with Crippen LogP contribution in [0.25, 0.3) is 0 Å². The van der Waals surface area contributed by atoms with Gasteiger partial charge in [-0.05, 0) is 31.5 Å². The van der Waals surface area contributed by atoms with E-state index in [1.807, 2.05) is 19.1 Å². The Balaban J connectivity index is 2.50. The van der Waals surface area contributed by atoms with Crippen molar-refractivity contribution in [3.63, 3.8) is 0 Å². The second-order valence-electron chi connectivity index (χ2n) is 3.87. The van der Waals surface area contributed by atoms with Crippen LogP contribution in [-0.2, 0) is 0 Å². The van der Waals surface area contributed by atoms with Crippen LogP contribution >= 0.6 is 0 Å². The molecule has 0 aliphatic heterocycles. The fourth-order valence-corrected chi connectivity index (χ4v) is 1.69. The van der Waals surface area contributed by atoms with Gasteiger partial charge in [-0.25, -0.2) is 0 Å². The molecule has 1 rings (SSSR count). The number of aromatic nitrogens is 1. The lowest BCUT2D eigenvalue weighted by atomic mass is 10.1. The molecular formula is C12H17F3N2. The van der Waals surface area contributed by atoms with Crippen molar-refractivity contribution in [2.45, 2.75) is 38.4 Å². The lowest BCUT2D eigenvalue weighted by molar-refractivity contribution is -0.135. The Hall–Kier alpha value is -1.10. The highest BCUT2D eigenvalue weighted by Gasteiger charge is 2.26. The Morgan fingerprint density at radius 1 is 1.35 bits per heavy atom. The molecule has 2 nitrogen and oxygen atoms in total. The van der Waals surface area contributed by atoms with Crippen LogP contribution in [0.1, 0.15) is 37.9 Å². The molecule has 1 N–H and O–H groups in total. The maximum Gasteiger partial charge on any atom is 0.389 e. The third-order valence-corrected chi connectivity index (χ3v) is 2.45. The summed E-state index contributed by atoms with van der Waals surface area (Å²) >= 11 is 0. The molecule has 1 unspecified atom stereocenters. The monoisotopic (exact) mass is 246 g/mol. The SMILES string of the molecule is CCNC(CCCC(F)(F)F)c1ccccn1. The van der Waals surface area contributed by atoms with Gasteiger partial charge in [-0.1, -0.05) is 13.0 Å². The quantitative estimate of drug-likeness (QED) is 0.831. The second kappa shape index (κ2) is 6.59. The third-order valence-electron chi connectivity index (χ3n) is 2.45. The Kier molecular flexibility index (Phi) is 5.41. The predicted octanol–water partition coefficient (Wildman–Crippen LogP) is 3.46. The molecule has 17 heavy (non-hydrogen) atoms. The molecule has 1 heterocycles. The second-order valence-corrected chi connectivity index (χ2v) is 3.87. The Morgan fingerprint density at radius 3 is 2.65 bits per heavy atom. The number of pyridine rings is 1. The smallest absolute Gasteiger partial charge is 0.309 e. The van der Waals surface area contributed by atoms with E-state index in [-0.39, 0.29) is 12.5 Å². The zero-order valence-corrected chi connectivity index (χ0v) is 9.80. The van der Waals surface area contributed by atoms with E-state index in [9.17, 15) is 13.2 Å². The Morgan fingerprint density at radius 2 is 2.12 bits per heavy atom. The van der Waals surface area contributed by atoms with Crippen LogP contribution in [0.4, 0.5) is 13.2 Å². The van der Waals surface area contributed by atoms with E-state index in [0.29, 0.717) is 13.0 Å². The molecule has 0 aromatic carbocycles. The average molecular weight is 246 g/mol. The van der Waals surface area contributed by atoms with Gasteiger partial charge >= 0.3 is 6.18 Å². The molecule has 96 valence electrons. The molecule has 0 spiro atoms. The lowest BCUT2D eigenvalue weighted by Crippen LogP contribution is -2.22. The number of rotatable bonds is 6. The zero-order valence-electron chi connectivity index (χ0n) is 9.80. The van der Waals surface area contributed by atoms with Crippen molar-refractivity contribution in [1.82, 2.24) is 10.3 Å². The fourth-order valence-electron chi connectivity index (χ4n) is 1.69. The molecule has 0 fully saturated rings. The van der Waals surface area contributed by atoms with Gasteiger partial charge in [0.1, 0.15) is 0 Å². The number of halogens is 3. The third kappa shape index (κ3) is 5.68. The minimum absolute atomic E-state index is 0.0939. The summed E-state index contributed by atoms with van der Waals surface area (Å²) in [6, 6.07) is 5.38. The van der Waals surface area contributed by atoms with Gasteiger partial charge in [-0.2, -0.15) is 13.2 Å². The molecule has 0 saturated carbocycles. The highest BCUT2D eigenvalue weighted by atomic mass is 19.4. The van der Waals surface area contributed by atoms with Gasteiger partial charge in [0, 0.05) is 18.7 Å². The molecule has 1 atom stereocenters. The largest absolute Gasteiger partial charge is 0.389 e. The van der Waals surface area contributed by atoms with Crippen molar-refractivity contribution in [3.05, 3.63) is 30.1 Å². The molecule has 0 aliphatic rings. The van der Waals surface area contributed by atoms with Crippen LogP contribution < -0.4 is 5.32 Å². The first kappa shape index (κ1) is 14.0. The summed E-state index contributed by atoms with van der Waals surface area (Å²) in [4.78, 5) is 4.17. The molecule has 1 aromatic rings. The summed E-state index contributed by atoms with van der Waals surface area (Å²) in [5.41, 5.74) is 0.802. The summed E-state index contributed by atoms with van der Waals surface area (Å²) in [5, 5.41) is 3.16. The van der Waals surface area contributed by atoms with Crippen LogP contribution in [0.15, 0.2) is 24.4 Å². The van der Waals surface area contributed by atoms with Crippen LogP contribution in [-0.4, -0.2) is 17.7 Å². The zero-order chi connectivity index (χ0) is 12.7. The first-order chi connectivity index (χ1) is 8.03. The number of alkyl halides is 3. The van der Waals surface area contributed by atoms with Gasteiger partial charge in [-0.15, -0.1) is 0 Å². The van der Waals surface area contributed by atoms with Crippen molar-refractivity contribution in [1.29, 1.82) is 0 Å². The normalized spacial score (nSPS) is 13.6. The molecule has 5 heteroatoms. The maximum atomic E-state index is 12.1. The number of hydrogen-bond donors (Lipinski definition) is 1. The Labute approximate surface area is 99.3 Å². The van der Waals surface area contributed by atoms with Crippen LogP contribution in [0.2, 0.25) is 0 Å². The summed E-state index contributed by atoms with van der Waals surface area (Å²) < 4.78 is 36.2. The molecule has 0 bridgehead atoms. The van der Waals surface area contributed by atoms with Gasteiger partial charge in [0.15, 0.2) is 0 Å². The van der Waals surface area contributed by atoms with Crippen molar-refractivity contribution < 1.29 is 13.2 Å². The van der Waals surface area contributed by atoms with Crippen LogP contribution in [0.3, 0.4) is 0 Å². The first-order valence-electron chi connectivity index (χ1n) is 5.74. The standard InChI is InChI=1S/C12H17F3N2/c1-2-16-10(7-5-8-12(13,14)15)11-6-3-4-9-17-11/h3-4,6,9-10,16H,2,5,7-8H2,1H3. The molecule has 0 saturated heterocycles. The summed E-state index contributed by atoms with van der Waals surface area (Å²) in [7, 11) is 0. The minimum Gasteiger partial charge on any atom is -0.309 e. The van der Waals surface area contributed by atoms with Crippen molar-refractivity contribution in [2.24, 2.45) is 0 Å². The van der Waals surface area contributed by atoms with E-state index >= 15 is 0 Å². The van der Waals surface area contributed by atoms with Gasteiger partial charge < -0.3 is 5.32 Å². The molecule has 0 radical (unpaired) electrons. The van der Waals surface area contributed by atoms with Gasteiger partial charge in [-0.3, -0.25) is 4.98 Å². The summed E-state index contributed by atoms with van der Waals surface area (Å²) in [5.74, 6) is 0. The van der Waals surface area contributed by atoms with Gasteiger partial charge in [0.25, 0.3) is 0 Å². The summed E-state index contributed by atoms with van der Waals surface area (Å²) in [6.07, 6.45) is -2.58. The van der Waals surface area contributed by atoms with Gasteiger partial charge in [0.2, 0.25) is 0 Å². The molecular weight excluding hydrogens is 229 g/mol. The fraction of sp³-hybridized carbons (Fsp3) is 0.583. The van der Waals surface area contributed by atoms with Crippen molar-refractivity contribution in [2.75, 3.05) is 6.54 Å². The van der Waals surface area contributed by atoms with Crippen LogP contribution in [0, 0.1) is 0 Å². The number of nitrogens with one attached hydrogen (secondary N) is 1. The summed E-state index contributed by atoms with van der Waals surface area (Å²) in [6.45, 7) is 2.65. The highest BCUT2D eigenvalue weighted by Crippen LogP contribution is 2.25.